The lowest BCUT2D eigenvalue weighted by molar-refractivity contribution is 0.141. The summed E-state index contributed by atoms with van der Waals surface area (Å²) in [4.78, 5) is 2.32. The Balaban J connectivity index is 2.73. The number of aryl methyl sites for hydroxylation is 1. The molecule has 0 aliphatic carbocycles. The topological polar surface area (TPSA) is 47.7 Å². The summed E-state index contributed by atoms with van der Waals surface area (Å²) in [6, 6.07) is 6.40. The van der Waals surface area contributed by atoms with Crippen molar-refractivity contribution in [3.05, 3.63) is 29.3 Å². The summed E-state index contributed by atoms with van der Waals surface area (Å²) in [6.45, 7) is 11.5. The lowest BCUT2D eigenvalue weighted by Gasteiger charge is -2.26. The Morgan fingerprint density at radius 2 is 1.65 bits per heavy atom. The summed E-state index contributed by atoms with van der Waals surface area (Å²) < 4.78 is 10.9. The minimum Gasteiger partial charge on any atom is -0.380 e. The van der Waals surface area contributed by atoms with Crippen LogP contribution in [0.1, 0.15) is 25.0 Å². The first-order valence-corrected chi connectivity index (χ1v) is 7.42. The fourth-order valence-electron chi connectivity index (χ4n) is 2.19. The third-order valence-corrected chi connectivity index (χ3v) is 3.26. The molecular formula is C16H28N2O2. The molecule has 0 saturated heterocycles. The van der Waals surface area contributed by atoms with Crippen molar-refractivity contribution in [2.75, 3.05) is 44.4 Å². The number of hydrogen-bond donors (Lipinski definition) is 1. The third kappa shape index (κ3) is 5.49. The Morgan fingerprint density at radius 3 is 2.10 bits per heavy atom. The zero-order chi connectivity index (χ0) is 14.8. The largest absolute Gasteiger partial charge is 0.380 e. The quantitative estimate of drug-likeness (QED) is 0.668. The van der Waals surface area contributed by atoms with Gasteiger partial charge in [-0.15, -0.1) is 0 Å². The van der Waals surface area contributed by atoms with Gasteiger partial charge in [0, 0.05) is 38.5 Å². The predicted molar refractivity (Wildman–Crippen MR) is 84.3 cm³/mol. The molecule has 0 heterocycles. The zero-order valence-corrected chi connectivity index (χ0v) is 13.0. The first kappa shape index (κ1) is 17.0. The molecule has 1 aromatic rings. The molecule has 0 fully saturated rings. The van der Waals surface area contributed by atoms with Crippen LogP contribution in [0.15, 0.2) is 18.2 Å². The molecule has 0 bridgehead atoms. The lowest BCUT2D eigenvalue weighted by Crippen LogP contribution is -2.31. The number of rotatable bonds is 10. The molecule has 0 aromatic heterocycles. The number of hydrogen-bond acceptors (Lipinski definition) is 4. The summed E-state index contributed by atoms with van der Waals surface area (Å²) in [5, 5.41) is 0. The normalized spacial score (nSPS) is 10.8. The molecule has 1 aromatic carbocycles. The van der Waals surface area contributed by atoms with Crippen molar-refractivity contribution < 1.29 is 9.47 Å². The third-order valence-electron chi connectivity index (χ3n) is 3.26. The van der Waals surface area contributed by atoms with Gasteiger partial charge in [0.15, 0.2) is 0 Å². The molecule has 0 aliphatic rings. The summed E-state index contributed by atoms with van der Waals surface area (Å²) in [5.41, 5.74) is 9.34. The number of nitrogens with zero attached hydrogens (tertiary/aromatic N) is 1. The highest BCUT2D eigenvalue weighted by Crippen LogP contribution is 2.21. The van der Waals surface area contributed by atoms with E-state index in [1.54, 1.807) is 0 Å². The van der Waals surface area contributed by atoms with Gasteiger partial charge in [-0.05, 0) is 38.0 Å². The van der Waals surface area contributed by atoms with E-state index in [0.29, 0.717) is 6.54 Å². The molecule has 4 heteroatoms. The van der Waals surface area contributed by atoms with Crippen LogP contribution in [0.3, 0.4) is 0 Å². The van der Waals surface area contributed by atoms with Crippen molar-refractivity contribution in [3.63, 3.8) is 0 Å². The average molecular weight is 280 g/mol. The van der Waals surface area contributed by atoms with Crippen molar-refractivity contribution in [3.8, 4) is 0 Å². The molecule has 0 saturated carbocycles. The van der Waals surface area contributed by atoms with Gasteiger partial charge in [-0.1, -0.05) is 12.1 Å². The molecule has 0 aliphatic heterocycles. The van der Waals surface area contributed by atoms with Crippen molar-refractivity contribution >= 4 is 5.69 Å². The minimum absolute atomic E-state index is 0.582. The molecule has 1 rings (SSSR count). The second-order valence-corrected chi connectivity index (χ2v) is 4.71. The predicted octanol–water partition coefficient (Wildman–Crippen LogP) is 2.33. The van der Waals surface area contributed by atoms with Crippen molar-refractivity contribution in [1.29, 1.82) is 0 Å². The van der Waals surface area contributed by atoms with E-state index in [1.165, 1.54) is 16.8 Å². The van der Waals surface area contributed by atoms with Crippen LogP contribution in [0.2, 0.25) is 0 Å². The van der Waals surface area contributed by atoms with Crippen molar-refractivity contribution in [2.24, 2.45) is 5.73 Å². The monoisotopic (exact) mass is 280 g/mol. The number of ether oxygens (including phenoxy) is 2. The molecular weight excluding hydrogens is 252 g/mol. The molecule has 2 N–H and O–H groups in total. The Bertz CT molecular complexity index is 373. The minimum atomic E-state index is 0.582. The number of nitrogens with two attached hydrogens (primary N) is 1. The van der Waals surface area contributed by atoms with Gasteiger partial charge in [0.1, 0.15) is 0 Å². The summed E-state index contributed by atoms with van der Waals surface area (Å²) in [5.74, 6) is 0. The highest BCUT2D eigenvalue weighted by Gasteiger charge is 2.09. The Morgan fingerprint density at radius 1 is 1.05 bits per heavy atom. The van der Waals surface area contributed by atoms with E-state index >= 15 is 0 Å². The molecule has 0 spiro atoms. The summed E-state index contributed by atoms with van der Waals surface area (Å²) >= 11 is 0. The van der Waals surface area contributed by atoms with Gasteiger partial charge < -0.3 is 20.1 Å². The Labute approximate surface area is 122 Å². The number of anilines is 1. The summed E-state index contributed by atoms with van der Waals surface area (Å²) in [6.07, 6.45) is 0. The summed E-state index contributed by atoms with van der Waals surface area (Å²) in [7, 11) is 0. The van der Waals surface area contributed by atoms with E-state index in [2.05, 4.69) is 30.0 Å². The molecule has 4 nitrogen and oxygen atoms in total. The second-order valence-electron chi connectivity index (χ2n) is 4.71. The van der Waals surface area contributed by atoms with Crippen molar-refractivity contribution in [2.45, 2.75) is 27.3 Å². The maximum absolute atomic E-state index is 5.69. The van der Waals surface area contributed by atoms with Gasteiger partial charge in [0.25, 0.3) is 0 Å². The van der Waals surface area contributed by atoms with E-state index in [9.17, 15) is 0 Å². The van der Waals surface area contributed by atoms with Gasteiger partial charge in [0.05, 0.1) is 13.2 Å². The Hall–Kier alpha value is -1.10. The van der Waals surface area contributed by atoms with Crippen LogP contribution in [-0.2, 0) is 16.0 Å². The number of benzene rings is 1. The van der Waals surface area contributed by atoms with Crippen LogP contribution in [0.4, 0.5) is 5.69 Å². The van der Waals surface area contributed by atoms with Crippen LogP contribution in [-0.4, -0.2) is 39.5 Å². The fourth-order valence-corrected chi connectivity index (χ4v) is 2.19. The van der Waals surface area contributed by atoms with E-state index in [0.717, 1.165) is 39.5 Å². The second kappa shape index (κ2) is 9.75. The smallest absolute Gasteiger partial charge is 0.0641 e. The lowest BCUT2D eigenvalue weighted by atomic mass is 10.1. The first-order chi connectivity index (χ1) is 9.72. The molecule has 20 heavy (non-hydrogen) atoms. The van der Waals surface area contributed by atoms with E-state index in [4.69, 9.17) is 15.2 Å². The molecule has 0 atom stereocenters. The van der Waals surface area contributed by atoms with Gasteiger partial charge in [0.2, 0.25) is 0 Å². The van der Waals surface area contributed by atoms with Crippen LogP contribution in [0.5, 0.6) is 0 Å². The van der Waals surface area contributed by atoms with Gasteiger partial charge in [-0.3, -0.25) is 0 Å². The highest BCUT2D eigenvalue weighted by molar-refractivity contribution is 5.54. The first-order valence-electron chi connectivity index (χ1n) is 7.42. The SMILES string of the molecule is CCOCCN(CCOCC)c1ccc(CN)cc1C. The fraction of sp³-hybridized carbons (Fsp3) is 0.625. The molecule has 114 valence electrons. The van der Waals surface area contributed by atoms with Gasteiger partial charge >= 0.3 is 0 Å². The molecule has 0 amide bonds. The van der Waals surface area contributed by atoms with Gasteiger partial charge in [-0.2, -0.15) is 0 Å². The van der Waals surface area contributed by atoms with Crippen LogP contribution < -0.4 is 10.6 Å². The Kier molecular flexibility index (Phi) is 8.26. The van der Waals surface area contributed by atoms with Gasteiger partial charge in [-0.25, -0.2) is 0 Å². The van der Waals surface area contributed by atoms with Crippen LogP contribution in [0, 0.1) is 6.92 Å². The zero-order valence-electron chi connectivity index (χ0n) is 13.0. The van der Waals surface area contributed by atoms with E-state index in [1.807, 2.05) is 13.8 Å². The standard InChI is InChI=1S/C16H28N2O2/c1-4-19-10-8-18(9-11-20-5-2)16-7-6-15(13-17)12-14(16)3/h6-7,12H,4-5,8-11,13,17H2,1-3H3. The average Bonchev–Trinajstić information content (AvgIpc) is 2.46. The molecule has 0 radical (unpaired) electrons. The highest BCUT2D eigenvalue weighted by atomic mass is 16.5. The van der Waals surface area contributed by atoms with Crippen molar-refractivity contribution in [1.82, 2.24) is 0 Å². The van der Waals surface area contributed by atoms with Crippen LogP contribution in [0.25, 0.3) is 0 Å². The van der Waals surface area contributed by atoms with E-state index in [-0.39, 0.29) is 0 Å². The molecule has 0 unspecified atom stereocenters. The van der Waals surface area contributed by atoms with E-state index < -0.39 is 0 Å². The maximum atomic E-state index is 5.69. The van der Waals surface area contributed by atoms with Crippen LogP contribution >= 0.6 is 0 Å². The maximum Gasteiger partial charge on any atom is 0.0641 e.